The molecule has 0 aromatic heterocycles. The predicted molar refractivity (Wildman–Crippen MR) is 83.8 cm³/mol. The highest BCUT2D eigenvalue weighted by atomic mass is 16.5. The number of fused-ring (bicyclic) bond motifs is 2. The molecule has 0 radical (unpaired) electrons. The lowest BCUT2D eigenvalue weighted by Gasteiger charge is -2.36. The van der Waals surface area contributed by atoms with Gasteiger partial charge in [-0.3, -0.25) is 9.69 Å². The van der Waals surface area contributed by atoms with Crippen LogP contribution in [0.1, 0.15) is 30.9 Å². The average molecular weight is 301 g/mol. The van der Waals surface area contributed by atoms with Crippen LogP contribution in [0.25, 0.3) is 0 Å². The Morgan fingerprint density at radius 1 is 1.32 bits per heavy atom. The first-order chi connectivity index (χ1) is 10.8. The zero-order valence-corrected chi connectivity index (χ0v) is 12.8. The number of amides is 1. The summed E-state index contributed by atoms with van der Waals surface area (Å²) in [4.78, 5) is 15.1. The zero-order chi connectivity index (χ0) is 14.9. The molecule has 5 nitrogen and oxygen atoms in total. The summed E-state index contributed by atoms with van der Waals surface area (Å²) in [6.45, 7) is 3.56. The molecular formula is C17H23N3O2. The molecule has 2 N–H and O–H groups in total. The predicted octanol–water partition coefficient (Wildman–Crippen LogP) is 1.06. The van der Waals surface area contributed by atoms with Gasteiger partial charge in [0.2, 0.25) is 5.91 Å². The molecule has 4 rings (SSSR count). The first kappa shape index (κ1) is 14.0. The molecule has 1 aromatic carbocycles. The van der Waals surface area contributed by atoms with Crippen molar-refractivity contribution in [2.75, 3.05) is 26.2 Å². The Kier molecular flexibility index (Phi) is 3.76. The highest BCUT2D eigenvalue weighted by Crippen LogP contribution is 2.31. The van der Waals surface area contributed by atoms with E-state index in [9.17, 15) is 4.79 Å². The first-order valence-corrected chi connectivity index (χ1v) is 8.31. The molecular weight excluding hydrogens is 278 g/mol. The van der Waals surface area contributed by atoms with Crippen LogP contribution in [0.2, 0.25) is 0 Å². The molecule has 22 heavy (non-hydrogen) atoms. The Labute approximate surface area is 131 Å². The molecule has 1 unspecified atom stereocenters. The van der Waals surface area contributed by atoms with Crippen molar-refractivity contribution in [2.45, 2.75) is 37.4 Å². The largest absolute Gasteiger partial charge is 0.493 e. The third-order valence-corrected chi connectivity index (χ3v) is 5.11. The van der Waals surface area contributed by atoms with E-state index in [-0.39, 0.29) is 18.0 Å². The fourth-order valence-electron chi connectivity index (χ4n) is 3.88. The molecule has 0 spiro atoms. The summed E-state index contributed by atoms with van der Waals surface area (Å²) in [6.07, 6.45) is 3.35. The summed E-state index contributed by atoms with van der Waals surface area (Å²) in [5.41, 5.74) is 1.09. The van der Waals surface area contributed by atoms with Gasteiger partial charge in [0.05, 0.1) is 18.7 Å². The topological polar surface area (TPSA) is 53.6 Å². The summed E-state index contributed by atoms with van der Waals surface area (Å²) in [7, 11) is 0. The molecule has 0 bridgehead atoms. The molecule has 118 valence electrons. The van der Waals surface area contributed by atoms with E-state index in [1.807, 2.05) is 24.3 Å². The number of hydrogen-bond acceptors (Lipinski definition) is 4. The van der Waals surface area contributed by atoms with Crippen molar-refractivity contribution in [3.8, 4) is 5.75 Å². The SMILES string of the molecule is O=C(N[C@@H]1CCOc2ccccc21)C1CN2CCC[C@H]2CN1. The molecule has 3 aliphatic rings. The number of rotatable bonds is 2. The number of nitrogens with one attached hydrogen (secondary N) is 2. The standard InChI is InChI=1S/C17H23N3O2/c21-17(15-11-20-8-3-4-12(20)10-18-15)19-14-7-9-22-16-6-2-1-5-13(14)16/h1-2,5-6,12,14-15,18H,3-4,7-11H2,(H,19,21)/t12-,14+,15?/m0/s1. The van der Waals surface area contributed by atoms with Crippen LogP contribution in [0.15, 0.2) is 24.3 Å². The lowest BCUT2D eigenvalue weighted by Crippen LogP contribution is -2.59. The minimum absolute atomic E-state index is 0.0653. The molecule has 3 atom stereocenters. The molecule has 2 fully saturated rings. The number of hydrogen-bond donors (Lipinski definition) is 2. The lowest BCUT2D eigenvalue weighted by molar-refractivity contribution is -0.125. The summed E-state index contributed by atoms with van der Waals surface area (Å²) in [5, 5.41) is 6.64. The molecule has 2 saturated heterocycles. The zero-order valence-electron chi connectivity index (χ0n) is 12.8. The number of piperazine rings is 1. The number of carbonyl (C=O) groups excluding carboxylic acids is 1. The van der Waals surface area contributed by atoms with Crippen LogP contribution in [0.3, 0.4) is 0 Å². The second-order valence-corrected chi connectivity index (χ2v) is 6.49. The summed E-state index contributed by atoms with van der Waals surface area (Å²) >= 11 is 0. The van der Waals surface area contributed by atoms with Gasteiger partial charge in [0.15, 0.2) is 0 Å². The molecule has 3 heterocycles. The van der Waals surface area contributed by atoms with Gasteiger partial charge in [-0.2, -0.15) is 0 Å². The van der Waals surface area contributed by atoms with Crippen LogP contribution >= 0.6 is 0 Å². The van der Waals surface area contributed by atoms with E-state index in [1.54, 1.807) is 0 Å². The Bertz CT molecular complexity index is 563. The summed E-state index contributed by atoms with van der Waals surface area (Å²) < 4.78 is 5.66. The van der Waals surface area contributed by atoms with Gasteiger partial charge in [0.25, 0.3) is 0 Å². The van der Waals surface area contributed by atoms with E-state index in [1.165, 1.54) is 12.8 Å². The van der Waals surface area contributed by atoms with Crippen LogP contribution in [-0.2, 0) is 4.79 Å². The average Bonchev–Trinajstić information content (AvgIpc) is 3.02. The van der Waals surface area contributed by atoms with Gasteiger partial charge < -0.3 is 15.4 Å². The van der Waals surface area contributed by atoms with E-state index in [4.69, 9.17) is 4.74 Å². The van der Waals surface area contributed by atoms with Crippen molar-refractivity contribution >= 4 is 5.91 Å². The number of para-hydroxylation sites is 1. The molecule has 0 saturated carbocycles. The van der Waals surface area contributed by atoms with E-state index >= 15 is 0 Å². The molecule has 3 aliphatic heterocycles. The Balaban J connectivity index is 1.42. The highest BCUT2D eigenvalue weighted by molar-refractivity contribution is 5.82. The van der Waals surface area contributed by atoms with Crippen LogP contribution in [0, 0.1) is 0 Å². The second kappa shape index (κ2) is 5.89. The lowest BCUT2D eigenvalue weighted by atomic mass is 10.00. The fraction of sp³-hybridized carbons (Fsp3) is 0.588. The van der Waals surface area contributed by atoms with Gasteiger partial charge in [-0.25, -0.2) is 0 Å². The van der Waals surface area contributed by atoms with Crippen LogP contribution < -0.4 is 15.4 Å². The second-order valence-electron chi connectivity index (χ2n) is 6.49. The van der Waals surface area contributed by atoms with Crippen molar-refractivity contribution in [2.24, 2.45) is 0 Å². The van der Waals surface area contributed by atoms with Crippen molar-refractivity contribution in [1.82, 2.24) is 15.5 Å². The molecule has 5 heteroatoms. The van der Waals surface area contributed by atoms with Crippen molar-refractivity contribution in [3.05, 3.63) is 29.8 Å². The Hall–Kier alpha value is -1.59. The van der Waals surface area contributed by atoms with E-state index in [2.05, 4.69) is 15.5 Å². The smallest absolute Gasteiger partial charge is 0.238 e. The number of nitrogens with zero attached hydrogens (tertiary/aromatic N) is 1. The number of carbonyl (C=O) groups is 1. The van der Waals surface area contributed by atoms with E-state index in [0.717, 1.165) is 37.4 Å². The quantitative estimate of drug-likeness (QED) is 0.858. The minimum Gasteiger partial charge on any atom is -0.493 e. The summed E-state index contributed by atoms with van der Waals surface area (Å²) in [6, 6.07) is 8.60. The van der Waals surface area contributed by atoms with Crippen molar-refractivity contribution in [1.29, 1.82) is 0 Å². The normalized spacial score (nSPS) is 31.0. The molecule has 1 aromatic rings. The van der Waals surface area contributed by atoms with Crippen molar-refractivity contribution in [3.63, 3.8) is 0 Å². The van der Waals surface area contributed by atoms with Gasteiger partial charge in [-0.05, 0) is 25.5 Å². The number of ether oxygens (including phenoxy) is 1. The monoisotopic (exact) mass is 301 g/mol. The van der Waals surface area contributed by atoms with Crippen LogP contribution in [0.5, 0.6) is 5.75 Å². The van der Waals surface area contributed by atoms with Gasteiger partial charge >= 0.3 is 0 Å². The molecule has 0 aliphatic carbocycles. The van der Waals surface area contributed by atoms with Crippen molar-refractivity contribution < 1.29 is 9.53 Å². The highest BCUT2D eigenvalue weighted by Gasteiger charge is 2.35. The van der Waals surface area contributed by atoms with Crippen LogP contribution in [0.4, 0.5) is 0 Å². The summed E-state index contributed by atoms with van der Waals surface area (Å²) in [5.74, 6) is 1.02. The number of benzene rings is 1. The Morgan fingerprint density at radius 3 is 3.18 bits per heavy atom. The van der Waals surface area contributed by atoms with Crippen LogP contribution in [-0.4, -0.2) is 49.1 Å². The maximum Gasteiger partial charge on any atom is 0.238 e. The first-order valence-electron chi connectivity index (χ1n) is 8.31. The maximum atomic E-state index is 12.6. The van der Waals surface area contributed by atoms with E-state index in [0.29, 0.717) is 12.6 Å². The third-order valence-electron chi connectivity index (χ3n) is 5.11. The minimum atomic E-state index is -0.0932. The van der Waals surface area contributed by atoms with E-state index < -0.39 is 0 Å². The van der Waals surface area contributed by atoms with Gasteiger partial charge in [0, 0.05) is 31.1 Å². The molecule has 1 amide bonds. The Morgan fingerprint density at radius 2 is 2.23 bits per heavy atom. The maximum absolute atomic E-state index is 12.6. The fourth-order valence-corrected chi connectivity index (χ4v) is 3.88. The third kappa shape index (κ3) is 2.59. The van der Waals surface area contributed by atoms with Gasteiger partial charge in [-0.1, -0.05) is 18.2 Å². The van der Waals surface area contributed by atoms with Gasteiger partial charge in [0.1, 0.15) is 5.75 Å². The van der Waals surface area contributed by atoms with Gasteiger partial charge in [-0.15, -0.1) is 0 Å².